The quantitative estimate of drug-likeness (QED) is 0.348. The second-order valence-corrected chi connectivity index (χ2v) is 10.1. The predicted molar refractivity (Wildman–Crippen MR) is 63.4 cm³/mol. The Bertz CT molecular complexity index is 616. The molecule has 2 aromatic carbocycles. The van der Waals surface area contributed by atoms with Crippen molar-refractivity contribution < 1.29 is 20.8 Å². The molecule has 0 amide bonds. The summed E-state index contributed by atoms with van der Waals surface area (Å²) in [6, 6.07) is 14.8. The maximum atomic E-state index is 12.3. The van der Waals surface area contributed by atoms with Crippen molar-refractivity contribution in [3.8, 4) is 0 Å². The van der Waals surface area contributed by atoms with Crippen LogP contribution in [0, 0.1) is 0 Å². The van der Waals surface area contributed by atoms with E-state index < -0.39 is 33.1 Å². The Hall–Kier alpha value is -0.437. The van der Waals surface area contributed by atoms with E-state index in [9.17, 15) is 8.42 Å². The van der Waals surface area contributed by atoms with Crippen molar-refractivity contribution in [2.45, 2.75) is 9.79 Å². The summed E-state index contributed by atoms with van der Waals surface area (Å²) in [5, 5.41) is 0. The van der Waals surface area contributed by atoms with Crippen LogP contribution in [0.4, 0.5) is 0 Å². The van der Waals surface area contributed by atoms with Crippen LogP contribution in [-0.2, 0) is 9.84 Å². The van der Waals surface area contributed by atoms with Crippen LogP contribution in [0.1, 0.15) is 0 Å². The SMILES string of the molecule is O=S1(=O)c2cccc[c]2[Bi+][c]2ccccc21.[Cl-]. The van der Waals surface area contributed by atoms with Crippen LogP contribution in [0.25, 0.3) is 0 Å². The average molecular weight is 461 g/mol. The summed E-state index contributed by atoms with van der Waals surface area (Å²) < 4.78 is 26.8. The van der Waals surface area contributed by atoms with Gasteiger partial charge in [-0.05, 0) is 0 Å². The molecule has 0 spiro atoms. The molecule has 2 radical (unpaired) electrons. The Labute approximate surface area is 118 Å². The zero-order chi connectivity index (χ0) is 11.2. The first kappa shape index (κ1) is 13.0. The van der Waals surface area contributed by atoms with Crippen molar-refractivity contribution in [1.29, 1.82) is 0 Å². The monoisotopic (exact) mass is 460 g/mol. The van der Waals surface area contributed by atoms with Crippen LogP contribution in [-0.4, -0.2) is 31.7 Å². The molecule has 0 atom stereocenters. The van der Waals surface area contributed by atoms with E-state index in [1.807, 2.05) is 24.3 Å². The second-order valence-electron chi connectivity index (χ2n) is 3.55. The molecule has 0 fully saturated rings. The van der Waals surface area contributed by atoms with E-state index >= 15 is 0 Å². The molecule has 1 aliphatic rings. The number of fused-ring (bicyclic) bond motifs is 2. The number of sulfone groups is 1. The Kier molecular flexibility index (Phi) is 3.58. The van der Waals surface area contributed by atoms with E-state index in [1.165, 1.54) is 0 Å². The first-order valence-electron chi connectivity index (χ1n) is 4.84. The number of hydrogen-bond acceptors (Lipinski definition) is 2. The smallest absolute Gasteiger partial charge is 1.00 e. The van der Waals surface area contributed by atoms with Gasteiger partial charge in [-0.15, -0.1) is 0 Å². The molecule has 0 aromatic heterocycles. The summed E-state index contributed by atoms with van der Waals surface area (Å²) >= 11 is -1.05. The zero-order valence-corrected chi connectivity index (χ0v) is 13.7. The molecule has 17 heavy (non-hydrogen) atoms. The third kappa shape index (κ3) is 2.03. The van der Waals surface area contributed by atoms with Crippen molar-refractivity contribution >= 4 is 39.6 Å². The van der Waals surface area contributed by atoms with Gasteiger partial charge in [-0.1, -0.05) is 0 Å². The van der Waals surface area contributed by atoms with Gasteiger partial charge in [-0.2, -0.15) is 0 Å². The molecule has 1 aliphatic heterocycles. The van der Waals surface area contributed by atoms with Crippen LogP contribution in [0.2, 0.25) is 0 Å². The second kappa shape index (κ2) is 4.68. The minimum atomic E-state index is -3.26. The van der Waals surface area contributed by atoms with Crippen LogP contribution in [0.3, 0.4) is 0 Å². The normalized spacial score (nSPS) is 15.3. The number of benzene rings is 2. The summed E-state index contributed by atoms with van der Waals surface area (Å²) in [5.41, 5.74) is 0. The molecular formula is C12H8BiClO2S. The minimum Gasteiger partial charge on any atom is -1.00 e. The van der Waals surface area contributed by atoms with Gasteiger partial charge in [0.2, 0.25) is 0 Å². The topological polar surface area (TPSA) is 34.1 Å². The van der Waals surface area contributed by atoms with Gasteiger partial charge in [0, 0.05) is 0 Å². The molecule has 1 heterocycles. The van der Waals surface area contributed by atoms with Gasteiger partial charge in [0.25, 0.3) is 0 Å². The molecule has 86 valence electrons. The Morgan fingerprint density at radius 1 is 0.765 bits per heavy atom. The number of hydrogen-bond donors (Lipinski definition) is 0. The van der Waals surface area contributed by atoms with E-state index in [0.717, 1.165) is 6.54 Å². The summed E-state index contributed by atoms with van der Waals surface area (Å²) in [5.74, 6) is 0. The fraction of sp³-hybridized carbons (Fsp3) is 0. The van der Waals surface area contributed by atoms with E-state index in [-0.39, 0.29) is 12.4 Å². The van der Waals surface area contributed by atoms with Gasteiger partial charge >= 0.3 is 106 Å². The standard InChI is InChI=1S/C12H8O2S.Bi.ClH/c13-15(14,11-7-3-1-4-8-11)12-9-5-2-6-10-12;;/h1-7,9H;;1H/q;+1;/p-1. The Morgan fingerprint density at radius 3 is 1.65 bits per heavy atom. The van der Waals surface area contributed by atoms with Crippen molar-refractivity contribution in [2.24, 2.45) is 0 Å². The third-order valence-corrected chi connectivity index (χ3v) is 10.6. The molecule has 0 aliphatic carbocycles. The van der Waals surface area contributed by atoms with Crippen LogP contribution < -0.4 is 18.9 Å². The van der Waals surface area contributed by atoms with Crippen LogP contribution >= 0.6 is 0 Å². The Morgan fingerprint density at radius 2 is 1.18 bits per heavy atom. The summed E-state index contributed by atoms with van der Waals surface area (Å²) in [6.07, 6.45) is 0. The molecule has 2 nitrogen and oxygen atoms in total. The molecular weight excluding hydrogens is 453 g/mol. The van der Waals surface area contributed by atoms with Gasteiger partial charge in [0.05, 0.1) is 0 Å². The van der Waals surface area contributed by atoms with E-state index in [1.54, 1.807) is 24.3 Å². The molecule has 0 bridgehead atoms. The van der Waals surface area contributed by atoms with Crippen LogP contribution in [0.5, 0.6) is 0 Å². The molecule has 3 rings (SSSR count). The van der Waals surface area contributed by atoms with Gasteiger partial charge in [0.1, 0.15) is 0 Å². The van der Waals surface area contributed by atoms with Crippen molar-refractivity contribution in [1.82, 2.24) is 0 Å². The largest absolute Gasteiger partial charge is 1.00 e. The molecule has 0 N–H and O–H groups in total. The summed E-state index contributed by atoms with van der Waals surface area (Å²) in [4.78, 5) is 1.07. The van der Waals surface area contributed by atoms with Crippen molar-refractivity contribution in [3.63, 3.8) is 0 Å². The maximum Gasteiger partial charge on any atom is -1.00 e. The predicted octanol–water partition coefficient (Wildman–Crippen LogP) is -2.51. The fourth-order valence-corrected chi connectivity index (χ4v) is 10.5. The van der Waals surface area contributed by atoms with E-state index in [0.29, 0.717) is 9.79 Å². The molecule has 5 heteroatoms. The molecule has 0 saturated carbocycles. The minimum absolute atomic E-state index is 0. The van der Waals surface area contributed by atoms with Gasteiger partial charge < -0.3 is 12.4 Å². The van der Waals surface area contributed by atoms with E-state index in [2.05, 4.69) is 0 Å². The molecule has 0 unspecified atom stereocenters. The van der Waals surface area contributed by atoms with Gasteiger partial charge in [-0.3, -0.25) is 0 Å². The van der Waals surface area contributed by atoms with Gasteiger partial charge in [0.15, 0.2) is 0 Å². The first-order chi connectivity index (χ1) is 7.69. The molecule has 2 aromatic rings. The van der Waals surface area contributed by atoms with E-state index in [4.69, 9.17) is 0 Å². The first-order valence-corrected chi connectivity index (χ1v) is 9.80. The fourth-order valence-electron chi connectivity index (χ4n) is 1.80. The average Bonchev–Trinajstić information content (AvgIpc) is 2.29. The van der Waals surface area contributed by atoms with Crippen molar-refractivity contribution in [3.05, 3.63) is 48.5 Å². The Balaban J connectivity index is 0.00000108. The molecule has 0 saturated heterocycles. The van der Waals surface area contributed by atoms with Crippen LogP contribution in [0.15, 0.2) is 58.3 Å². The van der Waals surface area contributed by atoms with Gasteiger partial charge in [-0.25, -0.2) is 0 Å². The zero-order valence-electron chi connectivity index (χ0n) is 8.67. The van der Waals surface area contributed by atoms with Crippen molar-refractivity contribution in [2.75, 3.05) is 0 Å². The third-order valence-electron chi connectivity index (χ3n) is 2.55. The maximum absolute atomic E-state index is 12.3. The number of rotatable bonds is 0. The summed E-state index contributed by atoms with van der Waals surface area (Å²) in [7, 11) is -3.26. The number of halogens is 1. The summed E-state index contributed by atoms with van der Waals surface area (Å²) in [6.45, 7) is 0.